The summed E-state index contributed by atoms with van der Waals surface area (Å²) in [5, 5.41) is 37.7. The maximum atomic E-state index is 12.6. The summed E-state index contributed by atoms with van der Waals surface area (Å²) < 4.78 is 49.3. The van der Waals surface area contributed by atoms with Crippen molar-refractivity contribution in [2.75, 3.05) is 35.5 Å². The summed E-state index contributed by atoms with van der Waals surface area (Å²) in [5.74, 6) is 23.3. The zero-order chi connectivity index (χ0) is 105. The minimum Gasteiger partial charge on any atom is -0.870 e. The topological polar surface area (TPSA) is 366 Å². The number of nitrogens with zero attached hydrogens (tertiary/aromatic N) is 5. The Morgan fingerprint density at radius 2 is 0.628 bits per heavy atom. The van der Waals surface area contributed by atoms with Crippen LogP contribution in [-0.2, 0) is 73.3 Å². The number of esters is 2. The quantitative estimate of drug-likeness (QED) is 0.0118. The number of ether oxygens (including phenoxy) is 6. The molecule has 748 valence electrons. The monoisotopic (exact) mass is 2250 g/mol. The van der Waals surface area contributed by atoms with Crippen LogP contribution in [0, 0.1) is 89.3 Å². The molecule has 35 heteroatoms. The molecule has 0 radical (unpaired) electrons. The molecule has 6 N–H and O–H groups in total. The van der Waals surface area contributed by atoms with E-state index in [0.717, 1.165) is 118 Å². The van der Waals surface area contributed by atoms with Crippen LogP contribution in [-0.4, -0.2) is 90.9 Å². The third-order valence-electron chi connectivity index (χ3n) is 21.5. The van der Waals surface area contributed by atoms with Gasteiger partial charge in [-0.3, -0.25) is 41.9 Å². The second kappa shape index (κ2) is 58.5. The van der Waals surface area contributed by atoms with E-state index >= 15 is 0 Å². The van der Waals surface area contributed by atoms with Gasteiger partial charge >= 0.3 is 71.8 Å². The average Bonchev–Trinajstić information content (AvgIpc) is 1.30. The first kappa shape index (κ1) is 117. The number of rotatable bonds is 20. The van der Waals surface area contributed by atoms with Crippen molar-refractivity contribution in [3.63, 3.8) is 0 Å². The summed E-state index contributed by atoms with van der Waals surface area (Å²) >= 11 is 31.8. The number of aryl methyl sites for hydroxylation is 4. The van der Waals surface area contributed by atoms with Gasteiger partial charge in [0.1, 0.15) is 41.9 Å². The molecule has 0 saturated heterocycles. The molecule has 25 nitrogen and oxygen atoms in total. The maximum absolute atomic E-state index is 12.6. The first-order chi connectivity index (χ1) is 70.2. The molecule has 148 heavy (non-hydrogen) atoms. The molecule has 0 unspecified atom stereocenters. The third kappa shape index (κ3) is 34.8. The summed E-state index contributed by atoms with van der Waals surface area (Å²) in [4.78, 5) is 95.7. The molecule has 4 aromatic heterocycles. The summed E-state index contributed by atoms with van der Waals surface area (Å²) in [5.41, 5.74) is 14.9. The van der Waals surface area contributed by atoms with Gasteiger partial charge in [0.05, 0.1) is 85.1 Å². The fraction of sp³-hybridized carbons (Fsp3) is 0.177. The first-order valence-electron chi connectivity index (χ1n) is 44.7. The number of hydrogen-bond donors (Lipinski definition) is 5. The Kier molecular flexibility index (Phi) is 46.4. The molecule has 16 aromatic rings. The SMILES string of the molecule is CC#Cc1ccc2cc(CC(=O)OC)ccc2c1.CC#N.COC(=O)Cc1ccc2cc(C#Cc3snc(C)c3NC(=O)O[C@H](C)c3ccccc3Cl)ccc2c1.Cc1nsc(C#Cc2ccc3cc(CC(=O)O)ccc3c2)c1NC(=O)O[C@H](C)c1ccccc1Cl.Cc1nsc(C#Cc2ccc3cc(C[C-]=O)ccc3c2)c1NC(=O)O[C@H](C)c1ccccc1Cl.Cc1nsc(I)c1NC(=O)O[C@H](C)c1ccccc1Cl.[Na+].[OH-]. The second-order valence-electron chi connectivity index (χ2n) is 31.9. The van der Waals surface area contributed by atoms with Crippen LogP contribution in [0.15, 0.2) is 243 Å². The Labute approximate surface area is 928 Å². The van der Waals surface area contributed by atoms with Crippen molar-refractivity contribution < 1.29 is 107 Å². The van der Waals surface area contributed by atoms with E-state index < -0.39 is 54.8 Å². The standard InChI is InChI=1S/C28H23ClN2O4S.C27H21ClN2O4S.C27H20ClN2O3S.C16H14O2.C13H12ClIN2O2S.C2H3N.Na.H2O/c1-17-27(30-28(33)35-18(2)23-6-4-5-7-24(23)29)25(36-31-17)13-10-19-8-11-22-15-20(16-26(32)34-3)9-12-21(22)14-19;1-16-26(29-27(33)34-17(2)22-5-3-4-6-23(22)28)24(35-30-16)12-9-18-7-10-21-14-19(15-25(31)32)8-11-20(21)13-18;1-17-26(29-27(32)33-18(2)23-5-3-4-6-24(23)28)25(34-30-17)12-9-19-7-10-22-16-20(13-14-31)8-11-21(22)15-19;1-3-4-12-5-7-15-10-13(11-16(17)18-2)6-8-14(15)9-12;1-7-11(12(15)20-17-7)16-13(18)19-8(2)9-5-3-4-6-10(9)14;1-2-3;;/h4-9,11-12,14-15,18H,16H2,1-3H3,(H,30,33);3-8,10-11,13-14,17H,15H2,1-2H3,(H,29,33)(H,31,32);3-8,10-11,15-16,18H,13H2,1-2H3,(H,29,32);5-10H,11H2,1-2H3;3-6,8H,1-2H3,(H,16,18);1H3;;1H2/q;;-1;;;;+1;/p-1/t18-;17-;18-;;8-;;;/m111.1.../s1. The largest absolute Gasteiger partial charge is 1.00 e. The van der Waals surface area contributed by atoms with Crippen LogP contribution in [0.1, 0.15) is 170 Å². The molecule has 0 aliphatic carbocycles. The molecular formula is C113H94Cl4IN9NaO16S4-. The molecule has 0 aliphatic rings. The number of benzene rings is 12. The van der Waals surface area contributed by atoms with Crippen molar-refractivity contribution in [1.82, 2.24) is 17.5 Å². The summed E-state index contributed by atoms with van der Waals surface area (Å²) in [6.07, 6.45) is -1.62. The van der Waals surface area contributed by atoms with E-state index in [9.17, 15) is 38.4 Å². The van der Waals surface area contributed by atoms with Crippen LogP contribution in [0.5, 0.6) is 0 Å². The Morgan fingerprint density at radius 3 is 0.899 bits per heavy atom. The fourth-order valence-electron chi connectivity index (χ4n) is 14.1. The second-order valence-corrected chi connectivity index (χ2v) is 38.5. The number of nitriles is 1. The van der Waals surface area contributed by atoms with Crippen molar-refractivity contribution in [1.29, 1.82) is 5.26 Å². The molecule has 4 amide bonds. The van der Waals surface area contributed by atoms with E-state index in [4.69, 9.17) is 80.5 Å². The Bertz CT molecular complexity index is 7840. The number of methoxy groups -OCH3 is 2. The van der Waals surface area contributed by atoms with Gasteiger partial charge in [-0.1, -0.05) is 246 Å². The van der Waals surface area contributed by atoms with Crippen molar-refractivity contribution in [2.24, 2.45) is 0 Å². The number of fused-ring (bicyclic) bond motifs is 4. The van der Waals surface area contributed by atoms with E-state index in [0.29, 0.717) is 81.0 Å². The number of aromatic nitrogens is 4. The third-order valence-corrected chi connectivity index (χ3v) is 27.3. The van der Waals surface area contributed by atoms with Crippen molar-refractivity contribution >= 4 is 230 Å². The van der Waals surface area contributed by atoms with Gasteiger partial charge < -0.3 is 43.8 Å². The van der Waals surface area contributed by atoms with E-state index in [1.165, 1.54) is 67.3 Å². The molecule has 0 saturated carbocycles. The zero-order valence-corrected chi connectivity index (χ0v) is 92.5. The van der Waals surface area contributed by atoms with Gasteiger partial charge in [-0.25, -0.2) is 19.2 Å². The van der Waals surface area contributed by atoms with Gasteiger partial charge in [-0.15, -0.1) is 12.3 Å². The minimum absolute atomic E-state index is 0. The molecule has 0 bridgehead atoms. The predicted octanol–water partition coefficient (Wildman–Crippen LogP) is 25.2. The van der Waals surface area contributed by atoms with Gasteiger partial charge in [0.15, 0.2) is 0 Å². The van der Waals surface area contributed by atoms with E-state index in [-0.39, 0.29) is 66.2 Å². The molecular weight excluding hydrogens is 2160 g/mol. The predicted molar refractivity (Wildman–Crippen MR) is 592 cm³/mol. The Balaban J connectivity index is 0.000000208. The van der Waals surface area contributed by atoms with Crippen LogP contribution in [0.4, 0.5) is 41.9 Å². The van der Waals surface area contributed by atoms with Crippen LogP contribution >= 0.6 is 115 Å². The number of anilines is 4. The van der Waals surface area contributed by atoms with Gasteiger partial charge in [-0.05, 0) is 281 Å². The summed E-state index contributed by atoms with van der Waals surface area (Å²) in [6.45, 7) is 17.6. The molecule has 0 spiro atoms. The molecule has 4 atom stereocenters. The van der Waals surface area contributed by atoms with Crippen molar-refractivity contribution in [2.45, 2.75) is 119 Å². The first-order valence-corrected chi connectivity index (χ1v) is 50.4. The zero-order valence-electron chi connectivity index (χ0n) is 82.1. The number of carboxylic acids is 1. The van der Waals surface area contributed by atoms with E-state index in [1.807, 2.05) is 232 Å². The van der Waals surface area contributed by atoms with E-state index in [1.54, 1.807) is 84.9 Å². The summed E-state index contributed by atoms with van der Waals surface area (Å²) in [7, 11) is 2.78. The molecule has 0 aliphatic heterocycles. The Morgan fingerprint density at radius 1 is 0.378 bits per heavy atom. The van der Waals surface area contributed by atoms with Crippen LogP contribution in [0.25, 0.3) is 43.1 Å². The normalized spacial score (nSPS) is 10.9. The fourth-order valence-corrected chi connectivity index (χ4v) is 18.8. The van der Waals surface area contributed by atoms with Gasteiger partial charge in [0.25, 0.3) is 0 Å². The summed E-state index contributed by atoms with van der Waals surface area (Å²) in [6, 6.07) is 77.4. The number of carbonyl (C=O) groups is 7. The molecule has 0 fully saturated rings. The van der Waals surface area contributed by atoms with Crippen molar-refractivity contribution in [3.8, 4) is 53.4 Å². The van der Waals surface area contributed by atoms with Crippen LogP contribution in [0.2, 0.25) is 20.1 Å². The smallest absolute Gasteiger partial charge is 0.870 e. The minimum atomic E-state index is -0.863. The molecule has 16 rings (SSSR count). The number of carbonyl (C=O) groups excluding carboxylic acids is 7. The van der Waals surface area contributed by atoms with Gasteiger partial charge in [0.2, 0.25) is 0 Å². The number of amides is 4. The van der Waals surface area contributed by atoms with Crippen LogP contribution < -0.4 is 50.8 Å². The number of hydrogen-bond acceptors (Lipinski definition) is 24. The number of carboxylic acid groups (broad SMARTS) is 1. The number of nitrogens with one attached hydrogen (secondary N) is 4. The number of aliphatic carboxylic acids is 1. The maximum Gasteiger partial charge on any atom is 1.00 e. The van der Waals surface area contributed by atoms with E-state index in [2.05, 4.69) is 113 Å². The average molecular weight is 2250 g/mol. The number of halogens is 5. The molecule has 4 heterocycles. The van der Waals surface area contributed by atoms with Crippen LogP contribution in [0.3, 0.4) is 0 Å². The Hall–Kier alpha value is -14.1. The molecule has 12 aromatic carbocycles. The van der Waals surface area contributed by atoms with Gasteiger partial charge in [0, 0.05) is 71.5 Å². The van der Waals surface area contributed by atoms with Gasteiger partial charge in [-0.2, -0.15) is 22.8 Å². The van der Waals surface area contributed by atoms with Crippen molar-refractivity contribution in [3.05, 3.63) is 370 Å².